The van der Waals surface area contributed by atoms with E-state index in [1.54, 1.807) is 7.11 Å². The van der Waals surface area contributed by atoms with Gasteiger partial charge < -0.3 is 15.5 Å². The fourth-order valence-corrected chi connectivity index (χ4v) is 3.03. The number of nitrogens with zero attached hydrogens (tertiary/aromatic N) is 5. The zero-order chi connectivity index (χ0) is 18.8. The molecule has 0 aliphatic heterocycles. The molecule has 0 saturated carbocycles. The summed E-state index contributed by atoms with van der Waals surface area (Å²) in [5.41, 5.74) is 11.3. The Bertz CT molecular complexity index is 1080. The SMILES string of the molecule is CCc1cc(-c2c[nH]c3ncc(-c4cnn(CCOC)c4)cc23)nc(N)n1. The highest BCUT2D eigenvalue weighted by Crippen LogP contribution is 2.30. The minimum absolute atomic E-state index is 0.280. The second kappa shape index (κ2) is 7.16. The van der Waals surface area contributed by atoms with Crippen molar-refractivity contribution >= 4 is 17.0 Å². The molecule has 0 amide bonds. The third-order valence-electron chi connectivity index (χ3n) is 4.46. The van der Waals surface area contributed by atoms with Gasteiger partial charge in [0.25, 0.3) is 0 Å². The number of nitrogen functional groups attached to an aromatic ring is 1. The average Bonchev–Trinajstić information content (AvgIpc) is 3.32. The molecule has 8 heteroatoms. The maximum absolute atomic E-state index is 5.88. The molecule has 8 nitrogen and oxygen atoms in total. The van der Waals surface area contributed by atoms with E-state index in [0.29, 0.717) is 13.2 Å². The number of nitrogens with one attached hydrogen (secondary N) is 1. The number of aromatic amines is 1. The number of aromatic nitrogens is 6. The van der Waals surface area contributed by atoms with Crippen LogP contribution in [0.2, 0.25) is 0 Å². The first-order valence-corrected chi connectivity index (χ1v) is 8.80. The quantitative estimate of drug-likeness (QED) is 0.545. The molecule has 0 radical (unpaired) electrons. The van der Waals surface area contributed by atoms with Gasteiger partial charge in [-0.25, -0.2) is 15.0 Å². The van der Waals surface area contributed by atoms with E-state index >= 15 is 0 Å². The summed E-state index contributed by atoms with van der Waals surface area (Å²) in [6.45, 7) is 3.37. The number of aryl methyl sites for hydroxylation is 1. The largest absolute Gasteiger partial charge is 0.383 e. The Morgan fingerprint density at radius 1 is 1.19 bits per heavy atom. The number of ether oxygens (including phenoxy) is 1. The van der Waals surface area contributed by atoms with E-state index in [-0.39, 0.29) is 5.95 Å². The number of fused-ring (bicyclic) bond motifs is 1. The predicted octanol–water partition coefficient (Wildman–Crippen LogP) is 2.67. The molecule has 3 N–H and O–H groups in total. The summed E-state index contributed by atoms with van der Waals surface area (Å²) in [6, 6.07) is 4.06. The lowest BCUT2D eigenvalue weighted by Crippen LogP contribution is -2.03. The van der Waals surface area contributed by atoms with Crippen molar-refractivity contribution in [2.45, 2.75) is 19.9 Å². The van der Waals surface area contributed by atoms with E-state index in [9.17, 15) is 0 Å². The monoisotopic (exact) mass is 363 g/mol. The van der Waals surface area contributed by atoms with Gasteiger partial charge in [0.1, 0.15) is 5.65 Å². The molecule has 138 valence electrons. The molecule has 4 aromatic rings. The highest BCUT2D eigenvalue weighted by Gasteiger charge is 2.12. The lowest BCUT2D eigenvalue weighted by atomic mass is 10.1. The van der Waals surface area contributed by atoms with E-state index in [0.717, 1.165) is 45.5 Å². The maximum Gasteiger partial charge on any atom is 0.220 e. The molecule has 0 aliphatic carbocycles. The summed E-state index contributed by atoms with van der Waals surface area (Å²) < 4.78 is 6.96. The first-order valence-electron chi connectivity index (χ1n) is 8.80. The number of hydrogen-bond acceptors (Lipinski definition) is 6. The minimum Gasteiger partial charge on any atom is -0.383 e. The van der Waals surface area contributed by atoms with E-state index in [4.69, 9.17) is 10.5 Å². The fraction of sp³-hybridized carbons (Fsp3) is 0.263. The van der Waals surface area contributed by atoms with Crippen LogP contribution in [-0.2, 0) is 17.7 Å². The molecule has 0 aromatic carbocycles. The molecule has 0 saturated heterocycles. The van der Waals surface area contributed by atoms with Gasteiger partial charge in [0, 0.05) is 53.5 Å². The molecule has 0 atom stereocenters. The Morgan fingerprint density at radius 2 is 2.07 bits per heavy atom. The molecule has 0 bridgehead atoms. The molecule has 0 aliphatic rings. The first-order chi connectivity index (χ1) is 13.2. The Morgan fingerprint density at radius 3 is 2.89 bits per heavy atom. The van der Waals surface area contributed by atoms with E-state index in [2.05, 4.69) is 31.1 Å². The van der Waals surface area contributed by atoms with Crippen LogP contribution in [-0.4, -0.2) is 43.4 Å². The third-order valence-corrected chi connectivity index (χ3v) is 4.46. The standard InChI is InChI=1S/C19H21N7O/c1-3-14-7-17(25-19(20)24-14)16-10-22-18-15(16)6-12(8-21-18)13-9-23-26(11-13)4-5-27-2/h6-11H,3-5H2,1-2H3,(H,21,22)(H2,20,24,25). The molecule has 4 rings (SSSR count). The molecule has 4 aromatic heterocycles. The highest BCUT2D eigenvalue weighted by molar-refractivity contribution is 5.95. The molecule has 0 spiro atoms. The van der Waals surface area contributed by atoms with E-state index in [1.807, 2.05) is 42.5 Å². The van der Waals surface area contributed by atoms with Gasteiger partial charge in [0.05, 0.1) is 25.0 Å². The Kier molecular flexibility index (Phi) is 4.55. The molecule has 0 fully saturated rings. The third kappa shape index (κ3) is 3.39. The second-order valence-corrected chi connectivity index (χ2v) is 6.26. The number of anilines is 1. The summed E-state index contributed by atoms with van der Waals surface area (Å²) in [4.78, 5) is 16.4. The van der Waals surface area contributed by atoms with Crippen molar-refractivity contribution in [1.29, 1.82) is 0 Å². The van der Waals surface area contributed by atoms with Crippen LogP contribution in [0.1, 0.15) is 12.6 Å². The smallest absolute Gasteiger partial charge is 0.220 e. The number of methoxy groups -OCH3 is 1. The summed E-state index contributed by atoms with van der Waals surface area (Å²) in [6.07, 6.45) is 8.37. The summed E-state index contributed by atoms with van der Waals surface area (Å²) in [5.74, 6) is 0.280. The maximum atomic E-state index is 5.88. The van der Waals surface area contributed by atoms with Gasteiger partial charge in [-0.15, -0.1) is 0 Å². The van der Waals surface area contributed by atoms with Gasteiger partial charge in [0.15, 0.2) is 0 Å². The normalized spacial score (nSPS) is 11.3. The van der Waals surface area contributed by atoms with Crippen LogP contribution in [0, 0.1) is 0 Å². The van der Waals surface area contributed by atoms with Crippen LogP contribution in [0.5, 0.6) is 0 Å². The van der Waals surface area contributed by atoms with Crippen molar-refractivity contribution in [3.8, 4) is 22.4 Å². The molecular formula is C19H21N7O. The predicted molar refractivity (Wildman–Crippen MR) is 104 cm³/mol. The van der Waals surface area contributed by atoms with Crippen molar-refractivity contribution in [3.63, 3.8) is 0 Å². The first kappa shape index (κ1) is 17.2. The van der Waals surface area contributed by atoms with Crippen molar-refractivity contribution in [1.82, 2.24) is 29.7 Å². The van der Waals surface area contributed by atoms with Crippen molar-refractivity contribution in [2.24, 2.45) is 0 Å². The zero-order valence-electron chi connectivity index (χ0n) is 15.3. The lowest BCUT2D eigenvalue weighted by Gasteiger charge is -2.04. The zero-order valence-corrected chi connectivity index (χ0v) is 15.3. The minimum atomic E-state index is 0.280. The van der Waals surface area contributed by atoms with Crippen LogP contribution >= 0.6 is 0 Å². The second-order valence-electron chi connectivity index (χ2n) is 6.26. The number of nitrogens with two attached hydrogens (primary N) is 1. The number of H-pyrrole nitrogens is 1. The average molecular weight is 363 g/mol. The van der Waals surface area contributed by atoms with Gasteiger partial charge in [-0.2, -0.15) is 5.10 Å². The Balaban J connectivity index is 1.75. The summed E-state index contributed by atoms with van der Waals surface area (Å²) >= 11 is 0. The van der Waals surface area contributed by atoms with Gasteiger partial charge in [-0.3, -0.25) is 4.68 Å². The van der Waals surface area contributed by atoms with Gasteiger partial charge in [0.2, 0.25) is 5.95 Å². The van der Waals surface area contributed by atoms with Crippen LogP contribution < -0.4 is 5.73 Å². The van der Waals surface area contributed by atoms with Crippen molar-refractivity contribution in [3.05, 3.63) is 42.6 Å². The Labute approximate surface area is 156 Å². The van der Waals surface area contributed by atoms with Gasteiger partial charge in [-0.05, 0) is 18.6 Å². The van der Waals surface area contributed by atoms with Crippen molar-refractivity contribution in [2.75, 3.05) is 19.5 Å². The van der Waals surface area contributed by atoms with Crippen LogP contribution in [0.3, 0.4) is 0 Å². The van der Waals surface area contributed by atoms with Crippen molar-refractivity contribution < 1.29 is 4.74 Å². The van der Waals surface area contributed by atoms with Gasteiger partial charge in [-0.1, -0.05) is 6.92 Å². The Hall–Kier alpha value is -3.26. The molecule has 0 unspecified atom stereocenters. The number of rotatable bonds is 6. The fourth-order valence-electron chi connectivity index (χ4n) is 3.03. The highest BCUT2D eigenvalue weighted by atomic mass is 16.5. The van der Waals surface area contributed by atoms with Crippen LogP contribution in [0.4, 0.5) is 5.95 Å². The van der Waals surface area contributed by atoms with Gasteiger partial charge >= 0.3 is 0 Å². The lowest BCUT2D eigenvalue weighted by molar-refractivity contribution is 0.183. The van der Waals surface area contributed by atoms with Crippen LogP contribution in [0.25, 0.3) is 33.4 Å². The summed E-state index contributed by atoms with van der Waals surface area (Å²) in [7, 11) is 1.68. The topological polar surface area (TPSA) is 108 Å². The molecule has 27 heavy (non-hydrogen) atoms. The van der Waals surface area contributed by atoms with Crippen LogP contribution in [0.15, 0.2) is 36.9 Å². The number of hydrogen-bond donors (Lipinski definition) is 2. The van der Waals surface area contributed by atoms with E-state index < -0.39 is 0 Å². The molecule has 4 heterocycles. The molecular weight excluding hydrogens is 342 g/mol. The number of pyridine rings is 1. The van der Waals surface area contributed by atoms with E-state index in [1.165, 1.54) is 0 Å². The summed E-state index contributed by atoms with van der Waals surface area (Å²) in [5, 5.41) is 5.36.